The Labute approximate surface area is 238 Å². The van der Waals surface area contributed by atoms with E-state index in [4.69, 9.17) is 11.6 Å². The summed E-state index contributed by atoms with van der Waals surface area (Å²) in [5, 5.41) is 4.55. The van der Waals surface area contributed by atoms with Crippen molar-refractivity contribution < 1.29 is 65.9 Å². The minimum Gasteiger partial charge on any atom is -0.315 e. The van der Waals surface area contributed by atoms with Crippen LogP contribution in [0.5, 0.6) is 0 Å². The lowest BCUT2D eigenvalue weighted by molar-refractivity contribution is -0.186. The third kappa shape index (κ3) is 7.30. The van der Waals surface area contributed by atoms with Gasteiger partial charge in [-0.15, -0.1) is 0 Å². The molecule has 0 amide bonds. The first-order valence-corrected chi connectivity index (χ1v) is 12.4. The summed E-state index contributed by atoms with van der Waals surface area (Å²) in [6.07, 6.45) is -25.7. The van der Waals surface area contributed by atoms with Crippen LogP contribution in [0.4, 0.5) is 65.9 Å². The molecule has 2 fully saturated rings. The monoisotopic (exact) mass is 668 g/mol. The average Bonchev–Trinajstić information content (AvgIpc) is 3.53. The molecule has 2 atom stereocenters. The van der Waals surface area contributed by atoms with Gasteiger partial charge in [-0.3, -0.25) is 0 Å². The SMILES string of the molecule is FC(F)(F)c1cc(C(F)(F)F)cc(C2(C(F)(F)F)CCNC2)c1.FC(F)(F)c1cc(Cl)cc(C2(C(F)(F)F)CCNC2)c1. The van der Waals surface area contributed by atoms with E-state index in [-0.39, 0.29) is 42.7 Å². The van der Waals surface area contributed by atoms with Crippen molar-refractivity contribution in [2.75, 3.05) is 26.2 Å². The molecule has 0 aliphatic carbocycles. The Balaban J connectivity index is 0.000000238. The standard InChI is InChI=1S/C13H10F9N.C12H10ClF6N/c14-11(15,16)8-3-7(4-9(5-8)12(17,18)19)10(13(20,21)22)1-2-23-6-10;13-9-4-7(3-8(5-9)11(14,15)16)10(12(17,18)19)1-2-20-6-10/h3-5,23H,1-2,6H2;3-5,20H,1-2,6H2. The minimum atomic E-state index is -5.19. The molecule has 4 rings (SSSR count). The van der Waals surface area contributed by atoms with Crippen LogP contribution in [0, 0.1) is 0 Å². The normalized spacial score (nSPS) is 23.7. The van der Waals surface area contributed by atoms with E-state index in [0.29, 0.717) is 12.1 Å². The Morgan fingerprint density at radius 3 is 1.09 bits per heavy atom. The maximum atomic E-state index is 13.4. The van der Waals surface area contributed by atoms with Crippen molar-refractivity contribution in [3.05, 3.63) is 69.2 Å². The van der Waals surface area contributed by atoms with E-state index in [2.05, 4.69) is 10.6 Å². The molecule has 2 heterocycles. The van der Waals surface area contributed by atoms with E-state index in [1.54, 1.807) is 0 Å². The van der Waals surface area contributed by atoms with Crippen molar-refractivity contribution in [3.8, 4) is 0 Å². The van der Waals surface area contributed by atoms with Crippen LogP contribution in [0.15, 0.2) is 36.4 Å². The van der Waals surface area contributed by atoms with E-state index in [1.807, 2.05) is 0 Å². The molecule has 0 radical (unpaired) electrons. The van der Waals surface area contributed by atoms with Crippen LogP contribution in [0.3, 0.4) is 0 Å². The zero-order valence-corrected chi connectivity index (χ0v) is 22.0. The third-order valence-electron chi connectivity index (χ3n) is 7.31. The number of rotatable bonds is 2. The van der Waals surface area contributed by atoms with E-state index in [1.165, 1.54) is 0 Å². The maximum absolute atomic E-state index is 13.4. The zero-order valence-electron chi connectivity index (χ0n) is 21.3. The van der Waals surface area contributed by atoms with Crippen LogP contribution in [0.1, 0.15) is 40.7 Å². The first-order valence-electron chi connectivity index (χ1n) is 12.1. The molecule has 0 bridgehead atoms. The van der Waals surface area contributed by atoms with E-state index in [9.17, 15) is 65.9 Å². The van der Waals surface area contributed by atoms with Gasteiger partial charge in [0.25, 0.3) is 0 Å². The maximum Gasteiger partial charge on any atom is 0.416 e. The van der Waals surface area contributed by atoms with Gasteiger partial charge in [0.1, 0.15) is 10.8 Å². The number of alkyl halides is 15. The Morgan fingerprint density at radius 1 is 0.488 bits per heavy atom. The number of hydrogen-bond donors (Lipinski definition) is 2. The zero-order chi connectivity index (χ0) is 32.9. The predicted molar refractivity (Wildman–Crippen MR) is 123 cm³/mol. The molecular formula is C25H20ClF15N2. The van der Waals surface area contributed by atoms with E-state index >= 15 is 0 Å². The molecule has 242 valence electrons. The molecule has 2 aliphatic rings. The third-order valence-corrected chi connectivity index (χ3v) is 7.53. The lowest BCUT2D eigenvalue weighted by atomic mass is 9.77. The summed E-state index contributed by atoms with van der Waals surface area (Å²) in [5.41, 5.74) is -11.2. The summed E-state index contributed by atoms with van der Waals surface area (Å²) in [4.78, 5) is 0. The molecule has 2 unspecified atom stereocenters. The topological polar surface area (TPSA) is 24.1 Å². The highest BCUT2D eigenvalue weighted by Gasteiger charge is 2.59. The Bertz CT molecular complexity index is 1250. The molecule has 2 saturated heterocycles. The molecule has 18 heteroatoms. The molecule has 2 nitrogen and oxygen atoms in total. The van der Waals surface area contributed by atoms with E-state index in [0.717, 1.165) is 6.07 Å². The number of hydrogen-bond acceptors (Lipinski definition) is 2. The van der Waals surface area contributed by atoms with Crippen LogP contribution in [-0.2, 0) is 29.4 Å². The van der Waals surface area contributed by atoms with E-state index < -0.39 is 89.0 Å². The first-order chi connectivity index (χ1) is 19.3. The van der Waals surface area contributed by atoms with Crippen LogP contribution in [0.25, 0.3) is 0 Å². The fraction of sp³-hybridized carbons (Fsp3) is 0.520. The average molecular weight is 669 g/mol. The van der Waals surface area contributed by atoms with Crippen LogP contribution >= 0.6 is 11.6 Å². The summed E-state index contributed by atoms with van der Waals surface area (Å²) in [6, 6.07) is 2.22. The van der Waals surface area contributed by atoms with Gasteiger partial charge in [-0.25, -0.2) is 0 Å². The highest BCUT2D eigenvalue weighted by Crippen LogP contribution is 2.49. The van der Waals surface area contributed by atoms with Crippen molar-refractivity contribution in [1.82, 2.24) is 10.6 Å². The number of benzene rings is 2. The molecule has 43 heavy (non-hydrogen) atoms. The van der Waals surface area contributed by atoms with Crippen LogP contribution in [-0.4, -0.2) is 38.5 Å². The Hall–Kier alpha value is -2.40. The largest absolute Gasteiger partial charge is 0.416 e. The molecular weight excluding hydrogens is 649 g/mol. The minimum absolute atomic E-state index is 0.0906. The summed E-state index contributed by atoms with van der Waals surface area (Å²) < 4.78 is 195. The Morgan fingerprint density at radius 2 is 0.814 bits per heavy atom. The smallest absolute Gasteiger partial charge is 0.315 e. The quantitative estimate of drug-likeness (QED) is 0.313. The van der Waals surface area contributed by atoms with Crippen LogP contribution in [0.2, 0.25) is 5.02 Å². The highest BCUT2D eigenvalue weighted by molar-refractivity contribution is 6.30. The lowest BCUT2D eigenvalue weighted by Gasteiger charge is -2.32. The molecule has 0 spiro atoms. The van der Waals surface area contributed by atoms with Crippen molar-refractivity contribution >= 4 is 11.6 Å². The second-order valence-electron chi connectivity index (χ2n) is 10.0. The van der Waals surface area contributed by atoms with Gasteiger partial charge < -0.3 is 10.6 Å². The second kappa shape index (κ2) is 11.5. The molecule has 0 saturated carbocycles. The van der Waals surface area contributed by atoms with Gasteiger partial charge in [0.2, 0.25) is 0 Å². The van der Waals surface area contributed by atoms with Crippen molar-refractivity contribution in [1.29, 1.82) is 0 Å². The van der Waals surface area contributed by atoms with Gasteiger partial charge in [-0.05, 0) is 73.5 Å². The molecule has 2 aromatic carbocycles. The van der Waals surface area contributed by atoms with Gasteiger partial charge in [-0.2, -0.15) is 65.9 Å². The lowest BCUT2D eigenvalue weighted by Crippen LogP contribution is -2.44. The second-order valence-corrected chi connectivity index (χ2v) is 10.5. The summed E-state index contributed by atoms with van der Waals surface area (Å²) in [5.74, 6) is 0. The molecule has 0 aromatic heterocycles. The molecule has 2 N–H and O–H groups in total. The summed E-state index contributed by atoms with van der Waals surface area (Å²) in [7, 11) is 0. The van der Waals surface area contributed by atoms with Gasteiger partial charge in [-0.1, -0.05) is 11.6 Å². The highest BCUT2D eigenvalue weighted by atomic mass is 35.5. The number of nitrogens with one attached hydrogen (secondary N) is 2. The summed E-state index contributed by atoms with van der Waals surface area (Å²) >= 11 is 5.56. The predicted octanol–water partition coefficient (Wildman–Crippen LogP) is 8.67. The van der Waals surface area contributed by atoms with Crippen molar-refractivity contribution in [2.24, 2.45) is 0 Å². The van der Waals surface area contributed by atoms with Gasteiger partial charge in [0.05, 0.1) is 16.7 Å². The Kier molecular flexibility index (Phi) is 9.39. The number of halogens is 16. The fourth-order valence-electron chi connectivity index (χ4n) is 4.95. The first kappa shape index (κ1) is 35.1. The van der Waals surface area contributed by atoms with Gasteiger partial charge in [0, 0.05) is 18.1 Å². The molecule has 2 aliphatic heterocycles. The van der Waals surface area contributed by atoms with Crippen molar-refractivity contribution in [2.45, 2.75) is 54.6 Å². The van der Waals surface area contributed by atoms with Crippen molar-refractivity contribution in [3.63, 3.8) is 0 Å². The van der Waals surface area contributed by atoms with Gasteiger partial charge in [0.15, 0.2) is 0 Å². The fourth-order valence-corrected chi connectivity index (χ4v) is 5.18. The van der Waals surface area contributed by atoms with Gasteiger partial charge >= 0.3 is 30.9 Å². The summed E-state index contributed by atoms with van der Waals surface area (Å²) in [6.45, 7) is -1.28. The van der Waals surface area contributed by atoms with Crippen LogP contribution < -0.4 is 10.6 Å². The molecule has 2 aromatic rings.